The summed E-state index contributed by atoms with van der Waals surface area (Å²) in [5, 5.41) is 11.1. The molecule has 1 aliphatic heterocycles. The van der Waals surface area contributed by atoms with Gasteiger partial charge >= 0.3 is 0 Å². The molecule has 1 aliphatic rings. The molecule has 0 amide bonds. The molecule has 0 aliphatic carbocycles. The molecule has 2 aromatic rings. The fourth-order valence-electron chi connectivity index (χ4n) is 2.50. The van der Waals surface area contributed by atoms with Crippen LogP contribution in [0.1, 0.15) is 22.8 Å². The molecule has 0 fully saturated rings. The predicted molar refractivity (Wildman–Crippen MR) is 77.7 cm³/mol. The molecule has 1 unspecified atom stereocenters. The van der Waals surface area contributed by atoms with Crippen molar-refractivity contribution in [3.63, 3.8) is 0 Å². The summed E-state index contributed by atoms with van der Waals surface area (Å²) in [6.45, 7) is 0.699. The molecular weight excluding hydrogens is 276 g/mol. The first-order valence-electron chi connectivity index (χ1n) is 6.47. The number of rotatable bonds is 3. The van der Waals surface area contributed by atoms with Crippen molar-refractivity contribution in [1.29, 1.82) is 0 Å². The summed E-state index contributed by atoms with van der Waals surface area (Å²) >= 11 is 6.21. The molecule has 0 saturated carbocycles. The molecule has 0 saturated heterocycles. The lowest BCUT2D eigenvalue weighted by atomic mass is 9.98. The van der Waals surface area contributed by atoms with E-state index in [4.69, 9.17) is 21.1 Å². The first-order valence-corrected chi connectivity index (χ1v) is 6.84. The molecule has 1 N–H and O–H groups in total. The fraction of sp³-hybridized carbons (Fsp3) is 0.250. The highest BCUT2D eigenvalue weighted by Crippen LogP contribution is 2.37. The van der Waals surface area contributed by atoms with Crippen molar-refractivity contribution < 1.29 is 14.6 Å². The molecule has 1 atom stereocenters. The van der Waals surface area contributed by atoms with Crippen LogP contribution in [0.15, 0.2) is 36.4 Å². The van der Waals surface area contributed by atoms with Crippen LogP contribution in [-0.2, 0) is 6.42 Å². The van der Waals surface area contributed by atoms with Crippen molar-refractivity contribution in [2.24, 2.45) is 0 Å². The molecule has 2 aromatic carbocycles. The Labute approximate surface area is 122 Å². The van der Waals surface area contributed by atoms with E-state index in [0.29, 0.717) is 22.9 Å². The normalized spacial score (nSPS) is 14.6. The van der Waals surface area contributed by atoms with Gasteiger partial charge in [-0.2, -0.15) is 0 Å². The highest BCUT2D eigenvalue weighted by Gasteiger charge is 2.21. The average Bonchev–Trinajstić information content (AvgIpc) is 2.93. The maximum atomic E-state index is 10.6. The lowest BCUT2D eigenvalue weighted by molar-refractivity contribution is 0.214. The minimum atomic E-state index is -0.815. The number of methoxy groups -OCH3 is 1. The number of aliphatic hydroxyl groups excluding tert-OH is 1. The third kappa shape index (κ3) is 2.23. The molecule has 0 aromatic heterocycles. The number of hydrogen-bond acceptors (Lipinski definition) is 3. The second-order valence-electron chi connectivity index (χ2n) is 4.72. The molecule has 0 bridgehead atoms. The molecule has 3 rings (SSSR count). The Hall–Kier alpha value is -1.71. The highest BCUT2D eigenvalue weighted by molar-refractivity contribution is 6.31. The van der Waals surface area contributed by atoms with Crippen molar-refractivity contribution in [2.45, 2.75) is 12.5 Å². The Morgan fingerprint density at radius 1 is 1.30 bits per heavy atom. The van der Waals surface area contributed by atoms with Gasteiger partial charge in [0, 0.05) is 12.0 Å². The zero-order valence-electron chi connectivity index (χ0n) is 11.1. The summed E-state index contributed by atoms with van der Waals surface area (Å²) < 4.78 is 10.8. The van der Waals surface area contributed by atoms with Gasteiger partial charge in [-0.3, -0.25) is 0 Å². The van der Waals surface area contributed by atoms with Crippen molar-refractivity contribution in [3.8, 4) is 11.5 Å². The Morgan fingerprint density at radius 3 is 2.95 bits per heavy atom. The summed E-state index contributed by atoms with van der Waals surface area (Å²) in [4.78, 5) is 0. The van der Waals surface area contributed by atoms with Gasteiger partial charge in [-0.15, -0.1) is 0 Å². The molecule has 4 heteroatoms. The largest absolute Gasteiger partial charge is 0.496 e. The van der Waals surface area contributed by atoms with E-state index in [1.165, 1.54) is 0 Å². The Kier molecular flexibility index (Phi) is 3.55. The number of hydrogen-bond donors (Lipinski definition) is 1. The number of aliphatic hydroxyl groups is 1. The van der Waals surface area contributed by atoms with Crippen LogP contribution >= 0.6 is 11.6 Å². The van der Waals surface area contributed by atoms with Crippen LogP contribution < -0.4 is 9.47 Å². The molecular formula is C16H15ClO3. The Morgan fingerprint density at radius 2 is 2.15 bits per heavy atom. The van der Waals surface area contributed by atoms with Crippen molar-refractivity contribution >= 4 is 11.6 Å². The summed E-state index contributed by atoms with van der Waals surface area (Å²) in [5.41, 5.74) is 2.50. The van der Waals surface area contributed by atoms with Gasteiger partial charge < -0.3 is 14.6 Å². The fourth-order valence-corrected chi connectivity index (χ4v) is 2.77. The maximum Gasteiger partial charge on any atom is 0.126 e. The Bertz CT molecular complexity index is 640. The molecule has 1 heterocycles. The summed E-state index contributed by atoms with van der Waals surface area (Å²) in [6, 6.07) is 11.1. The van der Waals surface area contributed by atoms with Crippen molar-refractivity contribution in [3.05, 3.63) is 58.1 Å². The zero-order chi connectivity index (χ0) is 14.1. The van der Waals surface area contributed by atoms with E-state index >= 15 is 0 Å². The van der Waals surface area contributed by atoms with E-state index in [0.717, 1.165) is 23.3 Å². The maximum absolute atomic E-state index is 10.6. The van der Waals surface area contributed by atoms with Crippen molar-refractivity contribution in [2.75, 3.05) is 13.7 Å². The third-order valence-electron chi connectivity index (χ3n) is 3.54. The number of ether oxygens (including phenoxy) is 2. The van der Waals surface area contributed by atoms with Gasteiger partial charge in [0.1, 0.15) is 17.6 Å². The quantitative estimate of drug-likeness (QED) is 0.942. The van der Waals surface area contributed by atoms with Crippen molar-refractivity contribution in [1.82, 2.24) is 0 Å². The first kappa shape index (κ1) is 13.3. The summed E-state index contributed by atoms with van der Waals surface area (Å²) in [7, 11) is 1.57. The summed E-state index contributed by atoms with van der Waals surface area (Å²) in [6.07, 6.45) is 0.0554. The molecule has 3 nitrogen and oxygen atoms in total. The van der Waals surface area contributed by atoms with E-state index in [-0.39, 0.29) is 0 Å². The molecule has 20 heavy (non-hydrogen) atoms. The number of halogens is 1. The monoisotopic (exact) mass is 290 g/mol. The smallest absolute Gasteiger partial charge is 0.126 e. The van der Waals surface area contributed by atoms with E-state index in [1.54, 1.807) is 25.3 Å². The molecule has 0 radical (unpaired) electrons. The van der Waals surface area contributed by atoms with Gasteiger partial charge in [-0.25, -0.2) is 0 Å². The van der Waals surface area contributed by atoms with Crippen LogP contribution in [0.3, 0.4) is 0 Å². The van der Waals surface area contributed by atoms with E-state index in [9.17, 15) is 5.11 Å². The standard InChI is InChI=1S/C16H15ClO3/c1-19-14-4-2-3-12(17)15(14)16(18)11-5-6-13-10(9-11)7-8-20-13/h2-6,9,16,18H,7-8H2,1H3. The van der Waals surface area contributed by atoms with Crippen LogP contribution in [0.25, 0.3) is 0 Å². The van der Waals surface area contributed by atoms with Crippen LogP contribution in [0.2, 0.25) is 5.02 Å². The lowest BCUT2D eigenvalue weighted by Crippen LogP contribution is -2.03. The second-order valence-corrected chi connectivity index (χ2v) is 5.13. The second kappa shape index (κ2) is 5.35. The van der Waals surface area contributed by atoms with Crippen LogP contribution in [0, 0.1) is 0 Å². The topological polar surface area (TPSA) is 38.7 Å². The van der Waals surface area contributed by atoms with Gasteiger partial charge in [0.05, 0.1) is 18.7 Å². The van der Waals surface area contributed by atoms with Gasteiger partial charge in [0.15, 0.2) is 0 Å². The van der Waals surface area contributed by atoms with Gasteiger partial charge in [0.2, 0.25) is 0 Å². The molecule has 0 spiro atoms. The Balaban J connectivity index is 2.02. The predicted octanol–water partition coefficient (Wildman–Crippen LogP) is 3.37. The van der Waals surface area contributed by atoms with E-state index in [2.05, 4.69) is 0 Å². The van der Waals surface area contributed by atoms with E-state index in [1.807, 2.05) is 18.2 Å². The number of fused-ring (bicyclic) bond motifs is 1. The zero-order valence-corrected chi connectivity index (χ0v) is 11.9. The highest BCUT2D eigenvalue weighted by atomic mass is 35.5. The van der Waals surface area contributed by atoms with Crippen LogP contribution in [0.5, 0.6) is 11.5 Å². The number of benzene rings is 2. The van der Waals surface area contributed by atoms with Gasteiger partial charge in [0.25, 0.3) is 0 Å². The van der Waals surface area contributed by atoms with Gasteiger partial charge in [-0.1, -0.05) is 23.7 Å². The third-order valence-corrected chi connectivity index (χ3v) is 3.87. The summed E-state index contributed by atoms with van der Waals surface area (Å²) in [5.74, 6) is 1.48. The van der Waals surface area contributed by atoms with E-state index < -0.39 is 6.10 Å². The molecule has 104 valence electrons. The van der Waals surface area contributed by atoms with Crippen LogP contribution in [0.4, 0.5) is 0 Å². The first-order chi connectivity index (χ1) is 9.70. The minimum Gasteiger partial charge on any atom is -0.496 e. The SMILES string of the molecule is COc1cccc(Cl)c1C(O)c1ccc2c(c1)CCO2. The van der Waals surface area contributed by atoms with Gasteiger partial charge in [-0.05, 0) is 35.4 Å². The minimum absolute atomic E-state index is 0.494. The van der Waals surface area contributed by atoms with Crippen LogP contribution in [-0.4, -0.2) is 18.8 Å². The lowest BCUT2D eigenvalue weighted by Gasteiger charge is -2.17. The average molecular weight is 291 g/mol.